The number of hydrogen-bond acceptors (Lipinski definition) is 2. The number of carbonyl (C=O) groups is 1. The van der Waals surface area contributed by atoms with Gasteiger partial charge in [0.1, 0.15) is 5.75 Å². The highest BCUT2D eigenvalue weighted by Gasteiger charge is 2.00. The average Bonchev–Trinajstić information content (AvgIpc) is 2.09. The van der Waals surface area contributed by atoms with Crippen LogP contribution in [0.15, 0.2) is 24.3 Å². The molecule has 1 aromatic carbocycles. The van der Waals surface area contributed by atoms with Gasteiger partial charge < -0.3 is 10.1 Å². The smallest absolute Gasteiger partial charge is 0.410 e. The maximum atomic E-state index is 11.0. The molecule has 13 heavy (non-hydrogen) atoms. The Morgan fingerprint density at radius 2 is 2.08 bits per heavy atom. The molecule has 1 N–H and O–H groups in total. The molecule has 0 fully saturated rings. The van der Waals surface area contributed by atoms with Crippen LogP contribution in [0.25, 0.3) is 0 Å². The highest BCUT2D eigenvalue weighted by Crippen LogP contribution is 2.13. The first-order chi connectivity index (χ1) is 6.22. The maximum Gasteiger partial charge on any atom is 0.412 e. The van der Waals surface area contributed by atoms with Crippen LogP contribution in [-0.4, -0.2) is 12.6 Å². The van der Waals surface area contributed by atoms with Crippen molar-refractivity contribution in [2.45, 2.75) is 6.92 Å². The Bertz CT molecular complexity index is 284. The van der Waals surface area contributed by atoms with Gasteiger partial charge in [-0.15, -0.1) is 0 Å². The van der Waals surface area contributed by atoms with Crippen molar-refractivity contribution in [1.29, 1.82) is 0 Å². The van der Waals surface area contributed by atoms with E-state index in [1.165, 1.54) is 0 Å². The Labute approximate surface area is 90.6 Å². The van der Waals surface area contributed by atoms with E-state index < -0.39 is 6.09 Å². The zero-order valence-corrected chi connectivity index (χ0v) is 9.37. The van der Waals surface area contributed by atoms with Gasteiger partial charge in [-0.25, -0.2) is 4.79 Å². The van der Waals surface area contributed by atoms with Gasteiger partial charge in [0.25, 0.3) is 0 Å². The molecule has 70 valence electrons. The summed E-state index contributed by atoms with van der Waals surface area (Å²) in [6.07, 6.45) is -0.413. The van der Waals surface area contributed by atoms with Gasteiger partial charge in [0, 0.05) is 10.1 Å². The lowest BCUT2D eigenvalue weighted by atomic mass is 10.3. The molecule has 1 rings (SSSR count). The third-order valence-corrected chi connectivity index (χ3v) is 2.06. The van der Waals surface area contributed by atoms with E-state index in [1.54, 1.807) is 12.1 Å². The van der Waals surface area contributed by atoms with Gasteiger partial charge >= 0.3 is 6.09 Å². The lowest BCUT2D eigenvalue weighted by Crippen LogP contribution is -2.26. The topological polar surface area (TPSA) is 38.3 Å². The first-order valence-electron chi connectivity index (χ1n) is 3.93. The van der Waals surface area contributed by atoms with Gasteiger partial charge in [-0.2, -0.15) is 0 Å². The van der Waals surface area contributed by atoms with Crippen molar-refractivity contribution >= 4 is 28.7 Å². The second kappa shape index (κ2) is 5.06. The van der Waals surface area contributed by atoms with E-state index in [0.29, 0.717) is 12.3 Å². The van der Waals surface area contributed by atoms with E-state index in [0.717, 1.165) is 3.57 Å². The lowest BCUT2D eigenvalue weighted by Gasteiger charge is -2.03. The first kappa shape index (κ1) is 10.3. The fraction of sp³-hybridized carbons (Fsp3) is 0.222. The van der Waals surface area contributed by atoms with Crippen molar-refractivity contribution in [2.24, 2.45) is 0 Å². The van der Waals surface area contributed by atoms with Crippen molar-refractivity contribution in [2.75, 3.05) is 6.54 Å². The van der Waals surface area contributed by atoms with Crippen molar-refractivity contribution in [3.8, 4) is 5.75 Å². The van der Waals surface area contributed by atoms with Crippen molar-refractivity contribution in [3.05, 3.63) is 27.8 Å². The number of ether oxygens (including phenoxy) is 1. The van der Waals surface area contributed by atoms with Crippen LogP contribution < -0.4 is 10.1 Å². The molecule has 1 aromatic rings. The molecule has 0 saturated carbocycles. The molecule has 0 bridgehead atoms. The van der Waals surface area contributed by atoms with Crippen LogP contribution in [0.4, 0.5) is 4.79 Å². The minimum Gasteiger partial charge on any atom is -0.410 e. The third-order valence-electron chi connectivity index (χ3n) is 1.35. The summed E-state index contributed by atoms with van der Waals surface area (Å²) >= 11 is 2.19. The maximum absolute atomic E-state index is 11.0. The molecule has 0 saturated heterocycles. The second-order valence-corrected chi connectivity index (χ2v) is 3.62. The van der Waals surface area contributed by atoms with E-state index in [-0.39, 0.29) is 0 Å². The van der Waals surface area contributed by atoms with Gasteiger partial charge in [-0.3, -0.25) is 0 Å². The molecule has 0 spiro atoms. The zero-order chi connectivity index (χ0) is 9.68. The SMILES string of the molecule is CCNC(=O)Oc1ccc(I)cc1. The largest absolute Gasteiger partial charge is 0.412 e. The Balaban J connectivity index is 2.54. The highest BCUT2D eigenvalue weighted by atomic mass is 127. The Morgan fingerprint density at radius 3 is 2.62 bits per heavy atom. The van der Waals surface area contributed by atoms with E-state index in [9.17, 15) is 4.79 Å². The monoisotopic (exact) mass is 291 g/mol. The van der Waals surface area contributed by atoms with Crippen LogP contribution >= 0.6 is 22.6 Å². The predicted octanol–water partition coefficient (Wildman–Crippen LogP) is 2.40. The minimum atomic E-state index is -0.413. The van der Waals surface area contributed by atoms with Gasteiger partial charge in [0.2, 0.25) is 0 Å². The zero-order valence-electron chi connectivity index (χ0n) is 7.21. The quantitative estimate of drug-likeness (QED) is 0.850. The van der Waals surface area contributed by atoms with Crippen molar-refractivity contribution < 1.29 is 9.53 Å². The Kier molecular flexibility index (Phi) is 4.01. The predicted molar refractivity (Wildman–Crippen MR) is 58.9 cm³/mol. The van der Waals surface area contributed by atoms with E-state index in [4.69, 9.17) is 4.74 Å². The minimum absolute atomic E-state index is 0.413. The molecule has 0 aliphatic carbocycles. The molecular formula is C9H10INO2. The number of nitrogens with one attached hydrogen (secondary N) is 1. The van der Waals surface area contributed by atoms with Crippen LogP contribution in [0, 0.1) is 3.57 Å². The number of amides is 1. The van der Waals surface area contributed by atoms with E-state index >= 15 is 0 Å². The van der Waals surface area contributed by atoms with Gasteiger partial charge in [0.05, 0.1) is 0 Å². The Morgan fingerprint density at radius 1 is 1.46 bits per heavy atom. The van der Waals surface area contributed by atoms with Gasteiger partial charge in [0.15, 0.2) is 0 Å². The van der Waals surface area contributed by atoms with E-state index in [2.05, 4.69) is 27.9 Å². The molecular weight excluding hydrogens is 281 g/mol. The number of rotatable bonds is 2. The summed E-state index contributed by atoms with van der Waals surface area (Å²) in [5.74, 6) is 0.561. The van der Waals surface area contributed by atoms with Crippen LogP contribution in [-0.2, 0) is 0 Å². The molecule has 0 radical (unpaired) electrons. The summed E-state index contributed by atoms with van der Waals surface area (Å²) in [6, 6.07) is 7.29. The molecule has 0 aromatic heterocycles. The fourth-order valence-electron chi connectivity index (χ4n) is 0.790. The summed E-state index contributed by atoms with van der Waals surface area (Å²) in [7, 11) is 0. The molecule has 0 unspecified atom stereocenters. The van der Waals surface area contributed by atoms with Crippen LogP contribution in [0.5, 0.6) is 5.75 Å². The summed E-state index contributed by atoms with van der Waals surface area (Å²) in [4.78, 5) is 11.0. The standard InChI is InChI=1S/C9H10INO2/c1-2-11-9(12)13-8-5-3-7(10)4-6-8/h3-6H,2H2,1H3,(H,11,12). The highest BCUT2D eigenvalue weighted by molar-refractivity contribution is 14.1. The normalized spacial score (nSPS) is 9.38. The fourth-order valence-corrected chi connectivity index (χ4v) is 1.15. The van der Waals surface area contributed by atoms with Crippen molar-refractivity contribution in [1.82, 2.24) is 5.32 Å². The summed E-state index contributed by atoms with van der Waals surface area (Å²) in [6.45, 7) is 2.42. The summed E-state index contributed by atoms with van der Waals surface area (Å²) in [5.41, 5.74) is 0. The average molecular weight is 291 g/mol. The number of hydrogen-bond donors (Lipinski definition) is 1. The van der Waals surface area contributed by atoms with Crippen molar-refractivity contribution in [3.63, 3.8) is 0 Å². The number of carbonyl (C=O) groups excluding carboxylic acids is 1. The van der Waals surface area contributed by atoms with Gasteiger partial charge in [-0.1, -0.05) is 0 Å². The number of halogens is 1. The van der Waals surface area contributed by atoms with Gasteiger partial charge in [-0.05, 0) is 53.8 Å². The Hall–Kier alpha value is -0.780. The molecule has 0 heterocycles. The molecule has 0 aliphatic rings. The lowest BCUT2D eigenvalue weighted by molar-refractivity contribution is 0.201. The van der Waals surface area contributed by atoms with Crippen LogP contribution in [0.1, 0.15) is 6.92 Å². The molecule has 4 heteroatoms. The van der Waals surface area contributed by atoms with E-state index in [1.807, 2.05) is 19.1 Å². The van der Waals surface area contributed by atoms with Crippen LogP contribution in [0.3, 0.4) is 0 Å². The molecule has 0 atom stereocenters. The summed E-state index contributed by atoms with van der Waals surface area (Å²) in [5, 5.41) is 2.55. The number of benzene rings is 1. The summed E-state index contributed by atoms with van der Waals surface area (Å²) < 4.78 is 6.07. The third kappa shape index (κ3) is 3.63. The molecule has 3 nitrogen and oxygen atoms in total. The second-order valence-electron chi connectivity index (χ2n) is 2.37. The molecule has 1 amide bonds. The first-order valence-corrected chi connectivity index (χ1v) is 5.01. The molecule has 0 aliphatic heterocycles. The van der Waals surface area contributed by atoms with Crippen LogP contribution in [0.2, 0.25) is 0 Å².